The molecular formula is C19H20N2O6S. The predicted octanol–water partition coefficient (Wildman–Crippen LogP) is 1.80. The van der Waals surface area contributed by atoms with E-state index < -0.39 is 24.4 Å². The van der Waals surface area contributed by atoms with Gasteiger partial charge in [0.2, 0.25) is 0 Å². The number of esters is 1. The minimum Gasteiger partial charge on any atom is -0.493 e. The van der Waals surface area contributed by atoms with Crippen molar-refractivity contribution in [2.24, 2.45) is 0 Å². The predicted molar refractivity (Wildman–Crippen MR) is 103 cm³/mol. The molecule has 0 atom stereocenters. The molecule has 8 nitrogen and oxygen atoms in total. The van der Waals surface area contributed by atoms with Crippen LogP contribution in [-0.4, -0.2) is 44.4 Å². The molecule has 2 aromatic carbocycles. The van der Waals surface area contributed by atoms with Gasteiger partial charge >= 0.3 is 5.97 Å². The van der Waals surface area contributed by atoms with Gasteiger partial charge < -0.3 is 14.2 Å². The molecule has 0 saturated heterocycles. The molecule has 0 bridgehead atoms. The summed E-state index contributed by atoms with van der Waals surface area (Å²) >= 11 is 1.30. The van der Waals surface area contributed by atoms with Crippen molar-refractivity contribution < 1.29 is 28.6 Å². The molecule has 0 fully saturated rings. The highest BCUT2D eigenvalue weighted by Gasteiger charge is 2.13. The summed E-state index contributed by atoms with van der Waals surface area (Å²) in [5, 5.41) is 0. The van der Waals surface area contributed by atoms with E-state index in [1.165, 1.54) is 38.1 Å². The molecule has 0 unspecified atom stereocenters. The van der Waals surface area contributed by atoms with Crippen molar-refractivity contribution in [1.82, 2.24) is 10.9 Å². The fraction of sp³-hybridized carbons (Fsp3) is 0.211. The molecule has 2 rings (SSSR count). The number of rotatable bonds is 8. The first-order valence-corrected chi connectivity index (χ1v) is 9.16. The quantitative estimate of drug-likeness (QED) is 0.393. The number of benzene rings is 2. The van der Waals surface area contributed by atoms with Gasteiger partial charge in [0.25, 0.3) is 11.8 Å². The Morgan fingerprint density at radius 2 is 1.64 bits per heavy atom. The normalized spacial score (nSPS) is 9.93. The Hall–Kier alpha value is -3.20. The van der Waals surface area contributed by atoms with Gasteiger partial charge in [0.15, 0.2) is 18.1 Å². The Morgan fingerprint density at radius 3 is 2.32 bits per heavy atom. The van der Waals surface area contributed by atoms with Crippen LogP contribution in [0.1, 0.15) is 10.4 Å². The van der Waals surface area contributed by atoms with Crippen molar-refractivity contribution >= 4 is 29.5 Å². The van der Waals surface area contributed by atoms with Gasteiger partial charge in [-0.25, -0.2) is 0 Å². The second-order valence-electron chi connectivity index (χ2n) is 5.33. The van der Waals surface area contributed by atoms with Crippen LogP contribution in [0.2, 0.25) is 0 Å². The SMILES string of the molecule is COc1ccc(C(=O)NNC(=O)COC(=O)CSc2ccccc2)cc1OC. The Kier molecular flexibility index (Phi) is 8.16. The lowest BCUT2D eigenvalue weighted by atomic mass is 10.2. The average Bonchev–Trinajstić information content (AvgIpc) is 2.74. The van der Waals surface area contributed by atoms with E-state index in [2.05, 4.69) is 10.9 Å². The van der Waals surface area contributed by atoms with Gasteiger partial charge in [0.05, 0.1) is 20.0 Å². The molecular weight excluding hydrogens is 384 g/mol. The Bertz CT molecular complexity index is 828. The molecule has 0 aromatic heterocycles. The first-order chi connectivity index (χ1) is 13.5. The lowest BCUT2D eigenvalue weighted by molar-refractivity contribution is -0.146. The summed E-state index contributed by atoms with van der Waals surface area (Å²) < 4.78 is 15.1. The second-order valence-corrected chi connectivity index (χ2v) is 6.38. The van der Waals surface area contributed by atoms with Crippen LogP contribution < -0.4 is 20.3 Å². The maximum Gasteiger partial charge on any atom is 0.316 e. The summed E-state index contributed by atoms with van der Waals surface area (Å²) in [4.78, 5) is 36.4. The topological polar surface area (TPSA) is 103 Å². The highest BCUT2D eigenvalue weighted by Crippen LogP contribution is 2.27. The number of hydrazine groups is 1. The maximum atomic E-state index is 12.1. The molecule has 0 saturated carbocycles. The Morgan fingerprint density at radius 1 is 0.929 bits per heavy atom. The van der Waals surface area contributed by atoms with E-state index in [9.17, 15) is 14.4 Å². The summed E-state index contributed by atoms with van der Waals surface area (Å²) in [5.74, 6) is -0.813. The average molecular weight is 404 g/mol. The maximum absolute atomic E-state index is 12.1. The number of nitrogens with one attached hydrogen (secondary N) is 2. The standard InChI is InChI=1S/C19H20N2O6S/c1-25-15-9-8-13(10-16(15)26-2)19(24)21-20-17(22)11-27-18(23)12-28-14-6-4-3-5-7-14/h3-10H,11-12H2,1-2H3,(H,20,22)(H,21,24). The molecule has 148 valence electrons. The van der Waals surface area contributed by atoms with Crippen molar-refractivity contribution in [3.05, 3.63) is 54.1 Å². The first kappa shape index (κ1) is 21.1. The number of hydrogen-bond donors (Lipinski definition) is 2. The minimum absolute atomic E-state index is 0.0787. The molecule has 0 aliphatic rings. The second kappa shape index (κ2) is 10.8. The summed E-state index contributed by atoms with van der Waals surface area (Å²) in [5.41, 5.74) is 4.68. The third-order valence-electron chi connectivity index (χ3n) is 3.43. The number of thioether (sulfide) groups is 1. The largest absolute Gasteiger partial charge is 0.493 e. The molecule has 9 heteroatoms. The zero-order valence-electron chi connectivity index (χ0n) is 15.4. The number of hydrogen-bond acceptors (Lipinski definition) is 7. The molecule has 0 radical (unpaired) electrons. The first-order valence-electron chi connectivity index (χ1n) is 8.18. The third kappa shape index (κ3) is 6.51. The lowest BCUT2D eigenvalue weighted by Gasteiger charge is -2.11. The zero-order chi connectivity index (χ0) is 20.4. The highest BCUT2D eigenvalue weighted by atomic mass is 32.2. The molecule has 2 aromatic rings. The van der Waals surface area contributed by atoms with E-state index >= 15 is 0 Å². The summed E-state index contributed by atoms with van der Waals surface area (Å²) in [6.45, 7) is -0.500. The van der Waals surface area contributed by atoms with Gasteiger partial charge in [-0.2, -0.15) is 0 Å². The van der Waals surface area contributed by atoms with Gasteiger partial charge in [-0.15, -0.1) is 11.8 Å². The Labute approximate surface area is 166 Å². The van der Waals surface area contributed by atoms with Crippen molar-refractivity contribution in [3.63, 3.8) is 0 Å². The smallest absolute Gasteiger partial charge is 0.316 e. The molecule has 0 spiro atoms. The van der Waals surface area contributed by atoms with Gasteiger partial charge in [-0.1, -0.05) is 18.2 Å². The van der Waals surface area contributed by atoms with Crippen LogP contribution in [0, 0.1) is 0 Å². The minimum atomic E-state index is -0.660. The Balaban J connectivity index is 1.73. The van der Waals surface area contributed by atoms with Gasteiger partial charge in [-0.3, -0.25) is 25.2 Å². The highest BCUT2D eigenvalue weighted by molar-refractivity contribution is 8.00. The van der Waals surface area contributed by atoms with Crippen LogP contribution in [-0.2, 0) is 14.3 Å². The van der Waals surface area contributed by atoms with Crippen LogP contribution in [0.3, 0.4) is 0 Å². The number of ether oxygens (including phenoxy) is 3. The number of carbonyl (C=O) groups excluding carboxylic acids is 3. The van der Waals surface area contributed by atoms with E-state index in [-0.39, 0.29) is 11.3 Å². The van der Waals surface area contributed by atoms with E-state index in [0.717, 1.165) is 4.90 Å². The number of carbonyl (C=O) groups is 3. The van der Waals surface area contributed by atoms with E-state index in [4.69, 9.17) is 14.2 Å². The fourth-order valence-corrected chi connectivity index (χ4v) is 2.78. The molecule has 0 aliphatic carbocycles. The van der Waals surface area contributed by atoms with Crippen molar-refractivity contribution in [1.29, 1.82) is 0 Å². The van der Waals surface area contributed by atoms with Crippen LogP contribution in [0.15, 0.2) is 53.4 Å². The van der Waals surface area contributed by atoms with E-state index in [0.29, 0.717) is 11.5 Å². The molecule has 0 heterocycles. The van der Waals surface area contributed by atoms with E-state index in [1.54, 1.807) is 6.07 Å². The molecule has 0 aliphatic heterocycles. The molecule has 2 amide bonds. The number of amides is 2. The van der Waals surface area contributed by atoms with Crippen LogP contribution >= 0.6 is 11.8 Å². The summed E-state index contributed by atoms with van der Waals surface area (Å²) in [6.07, 6.45) is 0. The number of methoxy groups -OCH3 is 2. The third-order valence-corrected chi connectivity index (χ3v) is 4.41. The van der Waals surface area contributed by atoms with Crippen LogP contribution in [0.25, 0.3) is 0 Å². The van der Waals surface area contributed by atoms with Crippen LogP contribution in [0.5, 0.6) is 11.5 Å². The van der Waals surface area contributed by atoms with Crippen molar-refractivity contribution in [2.45, 2.75) is 4.90 Å². The molecule has 28 heavy (non-hydrogen) atoms. The van der Waals surface area contributed by atoms with Gasteiger partial charge in [0.1, 0.15) is 0 Å². The lowest BCUT2D eigenvalue weighted by Crippen LogP contribution is -2.43. The monoisotopic (exact) mass is 404 g/mol. The van der Waals surface area contributed by atoms with Gasteiger partial charge in [-0.05, 0) is 30.3 Å². The molecule has 2 N–H and O–H groups in total. The zero-order valence-corrected chi connectivity index (χ0v) is 16.2. The van der Waals surface area contributed by atoms with Crippen molar-refractivity contribution in [2.75, 3.05) is 26.6 Å². The van der Waals surface area contributed by atoms with E-state index in [1.807, 2.05) is 30.3 Å². The van der Waals surface area contributed by atoms with Crippen molar-refractivity contribution in [3.8, 4) is 11.5 Å². The van der Waals surface area contributed by atoms with Crippen LogP contribution in [0.4, 0.5) is 0 Å². The summed E-state index contributed by atoms with van der Waals surface area (Å²) in [7, 11) is 2.93. The summed E-state index contributed by atoms with van der Waals surface area (Å²) in [6, 6.07) is 13.9. The van der Waals surface area contributed by atoms with Gasteiger partial charge in [0, 0.05) is 10.5 Å². The fourth-order valence-electron chi connectivity index (χ4n) is 2.06.